The van der Waals surface area contributed by atoms with E-state index < -0.39 is 10.0 Å². The van der Waals surface area contributed by atoms with Gasteiger partial charge in [0.25, 0.3) is 0 Å². The number of amides is 1. The maximum absolute atomic E-state index is 12.4. The van der Waals surface area contributed by atoms with Gasteiger partial charge >= 0.3 is 0 Å². The number of nitrogens with one attached hydrogen (secondary N) is 1. The van der Waals surface area contributed by atoms with Crippen LogP contribution in [0.25, 0.3) is 6.08 Å². The van der Waals surface area contributed by atoms with E-state index in [-0.39, 0.29) is 17.3 Å². The first-order chi connectivity index (χ1) is 13.8. The maximum Gasteiger partial charge on any atom is 0.246 e. The van der Waals surface area contributed by atoms with Crippen LogP contribution < -0.4 is 4.72 Å². The Balaban J connectivity index is 1.57. The van der Waals surface area contributed by atoms with Gasteiger partial charge in [-0.3, -0.25) is 4.79 Å². The molecule has 1 saturated carbocycles. The van der Waals surface area contributed by atoms with Gasteiger partial charge in [0.05, 0.1) is 17.7 Å². The summed E-state index contributed by atoms with van der Waals surface area (Å²) in [5.41, 5.74) is 0.772. The van der Waals surface area contributed by atoms with Crippen LogP contribution in [-0.4, -0.2) is 32.3 Å². The monoisotopic (exact) mass is 416 g/mol. The van der Waals surface area contributed by atoms with Crippen molar-refractivity contribution in [1.29, 1.82) is 0 Å². The van der Waals surface area contributed by atoms with E-state index in [0.29, 0.717) is 11.8 Å². The Hall–Kier alpha value is -2.38. The first-order valence-corrected chi connectivity index (χ1v) is 11.4. The van der Waals surface area contributed by atoms with Crippen molar-refractivity contribution in [2.75, 3.05) is 7.05 Å². The molecule has 156 valence electrons. The Morgan fingerprint density at radius 3 is 2.48 bits per heavy atom. The van der Waals surface area contributed by atoms with E-state index in [1.54, 1.807) is 36.4 Å². The number of benzene rings is 1. The Morgan fingerprint density at radius 1 is 1.17 bits per heavy atom. The van der Waals surface area contributed by atoms with E-state index in [9.17, 15) is 13.2 Å². The third-order valence-corrected chi connectivity index (χ3v) is 6.92. The minimum absolute atomic E-state index is 0.0265. The highest BCUT2D eigenvalue weighted by atomic mass is 32.2. The molecule has 1 aromatic carbocycles. The van der Waals surface area contributed by atoms with Crippen LogP contribution in [-0.2, 0) is 21.4 Å². The molecule has 7 heteroatoms. The van der Waals surface area contributed by atoms with Crippen molar-refractivity contribution in [1.82, 2.24) is 9.62 Å². The number of likely N-dealkylation sites (N-methyl/N-ethyl adjacent to an activating group) is 1. The fourth-order valence-electron chi connectivity index (χ4n) is 3.52. The highest BCUT2D eigenvalue weighted by molar-refractivity contribution is 7.89. The number of nitrogens with zero attached hydrogens (tertiary/aromatic N) is 1. The third kappa shape index (κ3) is 5.81. The van der Waals surface area contributed by atoms with E-state index >= 15 is 0 Å². The van der Waals surface area contributed by atoms with Crippen molar-refractivity contribution in [3.63, 3.8) is 0 Å². The molecule has 6 nitrogen and oxygen atoms in total. The number of carbonyl (C=O) groups is 1. The van der Waals surface area contributed by atoms with Gasteiger partial charge in [0, 0.05) is 19.2 Å². The molecule has 3 rings (SSSR count). The minimum atomic E-state index is -3.63. The molecule has 2 aromatic rings. The van der Waals surface area contributed by atoms with Crippen LogP contribution in [0.15, 0.2) is 58.1 Å². The van der Waals surface area contributed by atoms with Gasteiger partial charge in [-0.05, 0) is 67.5 Å². The standard InChI is InChI=1S/C22H28N2O4S/c1-17-5-10-19(11-6-17)24(2)22(25)14-9-18-7-12-21(13-8-18)29(26,27)23-16-20-4-3-15-28-20/h3-4,7-9,12-15,17,19,23H,5-6,10-11,16H2,1-2H3/b14-9+. The first-order valence-electron chi connectivity index (χ1n) is 9.92. The number of hydrogen-bond donors (Lipinski definition) is 1. The van der Waals surface area contributed by atoms with Crippen LogP contribution in [0.3, 0.4) is 0 Å². The highest BCUT2D eigenvalue weighted by Gasteiger charge is 2.23. The summed E-state index contributed by atoms with van der Waals surface area (Å²) < 4.78 is 32.4. The van der Waals surface area contributed by atoms with Crippen LogP contribution >= 0.6 is 0 Å². The van der Waals surface area contributed by atoms with E-state index in [0.717, 1.165) is 37.2 Å². The van der Waals surface area contributed by atoms with Gasteiger partial charge in [-0.15, -0.1) is 0 Å². The molecule has 1 N–H and O–H groups in total. The average molecular weight is 417 g/mol. The molecule has 0 radical (unpaired) electrons. The van der Waals surface area contributed by atoms with Crippen LogP contribution in [0.4, 0.5) is 0 Å². The van der Waals surface area contributed by atoms with Gasteiger partial charge in [-0.25, -0.2) is 13.1 Å². The molecule has 0 saturated heterocycles. The summed E-state index contributed by atoms with van der Waals surface area (Å²) in [7, 11) is -1.77. The van der Waals surface area contributed by atoms with Crippen molar-refractivity contribution in [3.8, 4) is 0 Å². The van der Waals surface area contributed by atoms with Crippen molar-refractivity contribution < 1.29 is 17.6 Å². The largest absolute Gasteiger partial charge is 0.468 e. The zero-order valence-electron chi connectivity index (χ0n) is 16.9. The van der Waals surface area contributed by atoms with Gasteiger partial charge in [0.2, 0.25) is 15.9 Å². The Labute approximate surface area is 172 Å². The lowest BCUT2D eigenvalue weighted by Crippen LogP contribution is -2.38. The quantitative estimate of drug-likeness (QED) is 0.696. The molecule has 0 bridgehead atoms. The van der Waals surface area contributed by atoms with E-state index in [4.69, 9.17) is 4.42 Å². The molecule has 1 heterocycles. The predicted molar refractivity (Wildman–Crippen MR) is 112 cm³/mol. The number of carbonyl (C=O) groups excluding carboxylic acids is 1. The third-order valence-electron chi connectivity index (χ3n) is 5.51. The number of hydrogen-bond acceptors (Lipinski definition) is 4. The number of rotatable bonds is 7. The second kappa shape index (κ2) is 9.41. The Kier molecular flexibility index (Phi) is 6.92. The summed E-state index contributed by atoms with van der Waals surface area (Å²) in [6.45, 7) is 2.35. The fourth-order valence-corrected chi connectivity index (χ4v) is 4.51. The molecule has 1 aromatic heterocycles. The SMILES string of the molecule is CC1CCC(N(C)C(=O)/C=C/c2ccc(S(=O)(=O)NCc3ccco3)cc2)CC1. The van der Waals surface area contributed by atoms with Gasteiger partial charge in [-0.1, -0.05) is 19.1 Å². The summed E-state index contributed by atoms with van der Waals surface area (Å²) in [5.74, 6) is 1.26. The fraction of sp³-hybridized carbons (Fsp3) is 0.409. The minimum Gasteiger partial charge on any atom is -0.468 e. The average Bonchev–Trinajstić information content (AvgIpc) is 3.25. The summed E-state index contributed by atoms with van der Waals surface area (Å²) in [6.07, 6.45) is 9.20. The summed E-state index contributed by atoms with van der Waals surface area (Å²) in [6, 6.07) is 10.1. The molecule has 29 heavy (non-hydrogen) atoms. The molecule has 1 aliphatic carbocycles. The van der Waals surface area contributed by atoms with Crippen molar-refractivity contribution in [2.24, 2.45) is 5.92 Å². The summed E-state index contributed by atoms with van der Waals surface area (Å²) in [5, 5.41) is 0. The van der Waals surface area contributed by atoms with Crippen molar-refractivity contribution in [3.05, 3.63) is 60.1 Å². The molecule has 1 aliphatic rings. The zero-order chi connectivity index (χ0) is 20.9. The van der Waals surface area contributed by atoms with Crippen molar-refractivity contribution in [2.45, 2.75) is 50.1 Å². The van der Waals surface area contributed by atoms with Gasteiger partial charge in [0.1, 0.15) is 5.76 Å². The van der Waals surface area contributed by atoms with Crippen LogP contribution in [0, 0.1) is 5.92 Å². The van der Waals surface area contributed by atoms with Crippen LogP contribution in [0.1, 0.15) is 43.9 Å². The predicted octanol–water partition coefficient (Wildman–Crippen LogP) is 3.81. The van der Waals surface area contributed by atoms with E-state index in [2.05, 4.69) is 11.6 Å². The van der Waals surface area contributed by atoms with E-state index in [1.165, 1.54) is 18.4 Å². The van der Waals surface area contributed by atoms with Gasteiger partial charge in [-0.2, -0.15) is 0 Å². The normalized spacial score (nSPS) is 20.1. The number of sulfonamides is 1. The van der Waals surface area contributed by atoms with Crippen LogP contribution in [0.2, 0.25) is 0 Å². The van der Waals surface area contributed by atoms with Crippen molar-refractivity contribution >= 4 is 22.0 Å². The smallest absolute Gasteiger partial charge is 0.246 e. The second-order valence-corrected chi connectivity index (χ2v) is 9.44. The molecule has 0 unspecified atom stereocenters. The zero-order valence-corrected chi connectivity index (χ0v) is 17.7. The molecule has 0 aliphatic heterocycles. The molecule has 0 spiro atoms. The topological polar surface area (TPSA) is 79.6 Å². The lowest BCUT2D eigenvalue weighted by molar-refractivity contribution is -0.127. The molecule has 1 amide bonds. The number of furan rings is 1. The lowest BCUT2D eigenvalue weighted by Gasteiger charge is -2.33. The molecular formula is C22H28N2O4S. The lowest BCUT2D eigenvalue weighted by atomic mass is 9.87. The van der Waals surface area contributed by atoms with E-state index in [1.807, 2.05) is 11.9 Å². The molecule has 1 fully saturated rings. The Bertz CT molecular complexity index is 926. The summed E-state index contributed by atoms with van der Waals surface area (Å²) in [4.78, 5) is 14.4. The first kappa shape index (κ1) is 21.3. The molecule has 0 atom stereocenters. The Morgan fingerprint density at radius 2 is 1.86 bits per heavy atom. The van der Waals surface area contributed by atoms with Gasteiger partial charge in [0.15, 0.2) is 0 Å². The molecular weight excluding hydrogens is 388 g/mol. The second-order valence-electron chi connectivity index (χ2n) is 7.67. The van der Waals surface area contributed by atoms with Gasteiger partial charge < -0.3 is 9.32 Å². The van der Waals surface area contributed by atoms with Crippen LogP contribution in [0.5, 0.6) is 0 Å². The highest BCUT2D eigenvalue weighted by Crippen LogP contribution is 2.26. The maximum atomic E-state index is 12.4. The summed E-state index contributed by atoms with van der Waals surface area (Å²) >= 11 is 0.